The fraction of sp³-hybridized carbons (Fsp3) is 0.188. The van der Waals surface area contributed by atoms with E-state index in [1.165, 1.54) is 7.14 Å². The van der Waals surface area contributed by atoms with Gasteiger partial charge in [-0.15, -0.1) is 0 Å². The molecule has 104 valence electrons. The SMILES string of the molecule is CC(=O)N(Cc1cccc(I)c1)Cc1cccc(I)c1. The first-order chi connectivity index (χ1) is 9.54. The van der Waals surface area contributed by atoms with E-state index in [2.05, 4.69) is 81.6 Å². The lowest BCUT2D eigenvalue weighted by molar-refractivity contribution is -0.130. The van der Waals surface area contributed by atoms with Gasteiger partial charge in [-0.05, 0) is 80.6 Å². The Morgan fingerprint density at radius 1 is 0.950 bits per heavy atom. The van der Waals surface area contributed by atoms with Gasteiger partial charge in [0.15, 0.2) is 0 Å². The fourth-order valence-electron chi connectivity index (χ4n) is 1.99. The molecular weight excluding hydrogens is 476 g/mol. The van der Waals surface area contributed by atoms with Gasteiger partial charge >= 0.3 is 0 Å². The molecule has 0 aromatic heterocycles. The van der Waals surface area contributed by atoms with Gasteiger partial charge in [0, 0.05) is 27.2 Å². The van der Waals surface area contributed by atoms with Gasteiger partial charge in [-0.2, -0.15) is 0 Å². The van der Waals surface area contributed by atoms with Crippen LogP contribution in [0.25, 0.3) is 0 Å². The van der Waals surface area contributed by atoms with Crippen LogP contribution in [0.4, 0.5) is 0 Å². The monoisotopic (exact) mass is 491 g/mol. The van der Waals surface area contributed by atoms with Gasteiger partial charge in [0.25, 0.3) is 0 Å². The molecule has 4 heteroatoms. The van der Waals surface area contributed by atoms with Crippen molar-refractivity contribution in [3.05, 3.63) is 66.8 Å². The maximum atomic E-state index is 11.8. The Kier molecular flexibility index (Phi) is 5.83. The van der Waals surface area contributed by atoms with Crippen LogP contribution >= 0.6 is 45.2 Å². The second-order valence-corrected chi connectivity index (χ2v) is 7.13. The molecule has 0 spiro atoms. The number of nitrogens with zero attached hydrogens (tertiary/aromatic N) is 1. The van der Waals surface area contributed by atoms with Crippen LogP contribution in [-0.4, -0.2) is 10.8 Å². The molecule has 0 fully saturated rings. The van der Waals surface area contributed by atoms with Gasteiger partial charge in [-0.1, -0.05) is 24.3 Å². The third-order valence-electron chi connectivity index (χ3n) is 2.97. The van der Waals surface area contributed by atoms with E-state index < -0.39 is 0 Å². The van der Waals surface area contributed by atoms with E-state index in [0.29, 0.717) is 13.1 Å². The number of amides is 1. The fourth-order valence-corrected chi connectivity index (χ4v) is 3.21. The predicted molar refractivity (Wildman–Crippen MR) is 98.2 cm³/mol. The second kappa shape index (κ2) is 7.40. The zero-order valence-corrected chi connectivity index (χ0v) is 15.5. The lowest BCUT2D eigenvalue weighted by Gasteiger charge is -2.21. The number of carbonyl (C=O) groups is 1. The second-order valence-electron chi connectivity index (χ2n) is 4.63. The average Bonchev–Trinajstić information content (AvgIpc) is 2.38. The van der Waals surface area contributed by atoms with Crippen molar-refractivity contribution in [2.45, 2.75) is 20.0 Å². The van der Waals surface area contributed by atoms with Crippen LogP contribution in [0.5, 0.6) is 0 Å². The Balaban J connectivity index is 2.13. The summed E-state index contributed by atoms with van der Waals surface area (Å²) < 4.78 is 2.38. The Morgan fingerprint density at radius 3 is 1.75 bits per heavy atom. The van der Waals surface area contributed by atoms with Gasteiger partial charge in [0.2, 0.25) is 5.91 Å². The standard InChI is InChI=1S/C16H15I2NO/c1-12(20)19(10-13-4-2-6-15(17)8-13)11-14-5-3-7-16(18)9-14/h2-9H,10-11H2,1H3. The molecule has 20 heavy (non-hydrogen) atoms. The number of halogens is 2. The summed E-state index contributed by atoms with van der Waals surface area (Å²) in [7, 11) is 0. The van der Waals surface area contributed by atoms with Crippen LogP contribution < -0.4 is 0 Å². The van der Waals surface area contributed by atoms with Crippen LogP contribution in [0.3, 0.4) is 0 Å². The molecular formula is C16H15I2NO. The summed E-state index contributed by atoms with van der Waals surface area (Å²) in [5.74, 6) is 0.0997. The van der Waals surface area contributed by atoms with Crippen molar-refractivity contribution < 1.29 is 4.79 Å². The summed E-state index contributed by atoms with van der Waals surface area (Å²) in [4.78, 5) is 13.7. The van der Waals surface area contributed by atoms with E-state index in [9.17, 15) is 4.79 Å². The maximum absolute atomic E-state index is 11.8. The molecule has 0 unspecified atom stereocenters. The van der Waals surface area contributed by atoms with E-state index >= 15 is 0 Å². The molecule has 2 rings (SSSR count). The number of carbonyl (C=O) groups excluding carboxylic acids is 1. The predicted octanol–water partition coefficient (Wildman–Crippen LogP) is 4.44. The molecule has 0 N–H and O–H groups in total. The third-order valence-corrected chi connectivity index (χ3v) is 4.31. The van der Waals surface area contributed by atoms with Crippen LogP contribution in [0, 0.1) is 7.14 Å². The molecule has 1 amide bonds. The van der Waals surface area contributed by atoms with Crippen molar-refractivity contribution in [3.8, 4) is 0 Å². The van der Waals surface area contributed by atoms with Crippen LogP contribution in [-0.2, 0) is 17.9 Å². The number of hydrogen-bond acceptors (Lipinski definition) is 1. The minimum absolute atomic E-state index is 0.0997. The largest absolute Gasteiger partial charge is 0.334 e. The number of hydrogen-bond donors (Lipinski definition) is 0. The Labute approximate surface area is 146 Å². The highest BCUT2D eigenvalue weighted by atomic mass is 127. The first-order valence-corrected chi connectivity index (χ1v) is 8.45. The van der Waals surface area contributed by atoms with Crippen LogP contribution in [0.1, 0.15) is 18.1 Å². The maximum Gasteiger partial charge on any atom is 0.220 e. The average molecular weight is 491 g/mol. The third kappa shape index (κ3) is 4.73. The molecule has 0 heterocycles. The molecule has 0 aliphatic heterocycles. The van der Waals surface area contributed by atoms with Crippen molar-refractivity contribution in [2.75, 3.05) is 0 Å². The van der Waals surface area contributed by atoms with E-state index in [1.54, 1.807) is 6.92 Å². The van der Waals surface area contributed by atoms with Gasteiger partial charge in [0.05, 0.1) is 0 Å². The van der Waals surface area contributed by atoms with Crippen molar-refractivity contribution >= 4 is 51.1 Å². The first-order valence-electron chi connectivity index (χ1n) is 6.29. The molecule has 0 aliphatic carbocycles. The summed E-state index contributed by atoms with van der Waals surface area (Å²) in [5.41, 5.74) is 2.33. The van der Waals surface area contributed by atoms with Crippen molar-refractivity contribution in [2.24, 2.45) is 0 Å². The normalized spacial score (nSPS) is 10.3. The highest BCUT2D eigenvalue weighted by molar-refractivity contribution is 14.1. The summed E-state index contributed by atoms with van der Waals surface area (Å²) in [6.07, 6.45) is 0. The molecule has 0 aliphatic rings. The van der Waals surface area contributed by atoms with Gasteiger partial charge in [-0.3, -0.25) is 4.79 Å². The van der Waals surface area contributed by atoms with Crippen molar-refractivity contribution in [1.82, 2.24) is 4.90 Å². The zero-order valence-electron chi connectivity index (χ0n) is 11.1. The summed E-state index contributed by atoms with van der Waals surface area (Å²) in [6.45, 7) is 2.93. The smallest absolute Gasteiger partial charge is 0.220 e. The Morgan fingerprint density at radius 2 is 1.40 bits per heavy atom. The lowest BCUT2D eigenvalue weighted by Crippen LogP contribution is -2.27. The van der Waals surface area contributed by atoms with E-state index in [0.717, 1.165) is 11.1 Å². The van der Waals surface area contributed by atoms with Crippen molar-refractivity contribution in [1.29, 1.82) is 0 Å². The van der Waals surface area contributed by atoms with Crippen molar-refractivity contribution in [3.63, 3.8) is 0 Å². The van der Waals surface area contributed by atoms with Crippen LogP contribution in [0.15, 0.2) is 48.5 Å². The van der Waals surface area contributed by atoms with Gasteiger partial charge in [0.1, 0.15) is 0 Å². The first kappa shape index (κ1) is 15.8. The minimum Gasteiger partial charge on any atom is -0.334 e. The number of benzene rings is 2. The molecule has 0 saturated heterocycles. The lowest BCUT2D eigenvalue weighted by atomic mass is 10.1. The van der Waals surface area contributed by atoms with Crippen LogP contribution in [0.2, 0.25) is 0 Å². The quantitative estimate of drug-likeness (QED) is 0.580. The molecule has 0 radical (unpaired) electrons. The topological polar surface area (TPSA) is 20.3 Å². The molecule has 2 aromatic rings. The summed E-state index contributed by atoms with van der Waals surface area (Å²) >= 11 is 4.59. The van der Waals surface area contributed by atoms with E-state index in [1.807, 2.05) is 17.0 Å². The molecule has 0 saturated carbocycles. The van der Waals surface area contributed by atoms with E-state index in [-0.39, 0.29) is 5.91 Å². The molecule has 0 bridgehead atoms. The highest BCUT2D eigenvalue weighted by Gasteiger charge is 2.10. The van der Waals surface area contributed by atoms with E-state index in [4.69, 9.17) is 0 Å². The number of rotatable bonds is 4. The minimum atomic E-state index is 0.0997. The van der Waals surface area contributed by atoms with Gasteiger partial charge < -0.3 is 4.90 Å². The molecule has 2 aromatic carbocycles. The van der Waals surface area contributed by atoms with Gasteiger partial charge in [-0.25, -0.2) is 0 Å². The highest BCUT2D eigenvalue weighted by Crippen LogP contribution is 2.14. The molecule has 0 atom stereocenters. The molecule has 2 nitrogen and oxygen atoms in total. The Bertz CT molecular complexity index is 565. The zero-order chi connectivity index (χ0) is 14.5. The Hall–Kier alpha value is -0.630. The summed E-state index contributed by atoms with van der Waals surface area (Å²) in [5, 5.41) is 0. The summed E-state index contributed by atoms with van der Waals surface area (Å²) in [6, 6.07) is 16.5.